The number of rotatable bonds is 7. The number of halogens is 3. The van der Waals surface area contributed by atoms with Crippen LogP contribution in [0.3, 0.4) is 0 Å². The summed E-state index contributed by atoms with van der Waals surface area (Å²) in [6.07, 6.45) is 4.80. The number of benzene rings is 2. The minimum atomic E-state index is -0.414. The Kier molecular flexibility index (Phi) is 7.05. The molecule has 4 aromatic rings. The van der Waals surface area contributed by atoms with Crippen molar-refractivity contribution in [2.24, 2.45) is 0 Å². The minimum absolute atomic E-state index is 0.212. The molecule has 0 N–H and O–H groups in total. The summed E-state index contributed by atoms with van der Waals surface area (Å²) in [5, 5.41) is 0.775. The lowest BCUT2D eigenvalue weighted by Gasteiger charge is -2.19. The Morgan fingerprint density at radius 3 is 2.52 bits per heavy atom. The Bertz CT molecular complexity index is 1250. The van der Waals surface area contributed by atoms with Crippen LogP contribution in [0.2, 0.25) is 5.02 Å². The summed E-state index contributed by atoms with van der Waals surface area (Å²) in [7, 11) is 1.69. The van der Waals surface area contributed by atoms with Crippen molar-refractivity contribution in [2.45, 2.75) is 17.5 Å². The van der Waals surface area contributed by atoms with Gasteiger partial charge in [0, 0.05) is 48.0 Å². The van der Waals surface area contributed by atoms with E-state index >= 15 is 0 Å². The van der Waals surface area contributed by atoms with Gasteiger partial charge in [0.25, 0.3) is 5.91 Å². The Labute approximate surface area is 199 Å². The van der Waals surface area contributed by atoms with Gasteiger partial charge in [0.1, 0.15) is 17.3 Å². The molecule has 0 fully saturated rings. The predicted molar refractivity (Wildman–Crippen MR) is 125 cm³/mol. The number of nitrogens with zero attached hydrogens (tertiary/aromatic N) is 4. The molecule has 0 bridgehead atoms. The number of amides is 1. The summed E-state index contributed by atoms with van der Waals surface area (Å²) in [4.78, 5) is 23.3. The molecular formula is C24H19ClF2N4OS. The van der Waals surface area contributed by atoms with E-state index in [4.69, 9.17) is 11.6 Å². The molecule has 0 atom stereocenters. The summed E-state index contributed by atoms with van der Waals surface area (Å²) >= 11 is 7.39. The molecule has 2 heterocycles. The van der Waals surface area contributed by atoms with Crippen LogP contribution >= 0.6 is 23.4 Å². The zero-order valence-corrected chi connectivity index (χ0v) is 19.2. The van der Waals surface area contributed by atoms with Crippen molar-refractivity contribution in [3.63, 3.8) is 0 Å². The molecule has 0 aliphatic heterocycles. The number of aromatic nitrogens is 3. The first-order valence-electron chi connectivity index (χ1n) is 9.98. The van der Waals surface area contributed by atoms with Crippen LogP contribution in [0.1, 0.15) is 21.6 Å². The standard InChI is InChI=1S/C24H19ClF2N4OS/c1-30(14-16-9-11-28-12-10-16)23(32)22-13-29-24(31(22)18-7-5-17(26)6-8-18)33-15-19-20(25)3-2-4-21(19)27/h2-13H,14-15H2,1H3. The van der Waals surface area contributed by atoms with E-state index in [-0.39, 0.29) is 11.7 Å². The van der Waals surface area contributed by atoms with Crippen LogP contribution in [0, 0.1) is 11.6 Å². The number of carbonyl (C=O) groups is 1. The van der Waals surface area contributed by atoms with E-state index in [1.165, 1.54) is 36.2 Å². The molecule has 1 amide bonds. The van der Waals surface area contributed by atoms with Gasteiger partial charge in [-0.15, -0.1) is 0 Å². The molecule has 0 radical (unpaired) electrons. The van der Waals surface area contributed by atoms with Gasteiger partial charge in [-0.1, -0.05) is 29.4 Å². The maximum atomic E-state index is 14.2. The number of hydrogen-bond donors (Lipinski definition) is 0. The summed E-state index contributed by atoms with van der Waals surface area (Å²) in [5.41, 5.74) is 2.15. The van der Waals surface area contributed by atoms with Crippen LogP contribution in [-0.4, -0.2) is 32.4 Å². The molecular weight excluding hydrogens is 466 g/mol. The van der Waals surface area contributed by atoms with E-state index < -0.39 is 11.6 Å². The van der Waals surface area contributed by atoms with Crippen LogP contribution in [0.15, 0.2) is 78.3 Å². The highest BCUT2D eigenvalue weighted by Crippen LogP contribution is 2.30. The highest BCUT2D eigenvalue weighted by atomic mass is 35.5. The van der Waals surface area contributed by atoms with Crippen molar-refractivity contribution in [2.75, 3.05) is 7.05 Å². The lowest BCUT2D eigenvalue weighted by molar-refractivity contribution is 0.0776. The lowest BCUT2D eigenvalue weighted by atomic mass is 10.2. The first-order valence-corrected chi connectivity index (χ1v) is 11.3. The number of imidazole rings is 1. The molecule has 33 heavy (non-hydrogen) atoms. The second-order valence-corrected chi connectivity index (χ2v) is 8.59. The second kappa shape index (κ2) is 10.1. The summed E-state index contributed by atoms with van der Waals surface area (Å²) in [6.45, 7) is 0.378. The number of carbonyl (C=O) groups excluding carboxylic acids is 1. The molecule has 0 unspecified atom stereocenters. The van der Waals surface area contributed by atoms with Gasteiger partial charge in [-0.3, -0.25) is 14.3 Å². The fourth-order valence-electron chi connectivity index (χ4n) is 3.26. The van der Waals surface area contributed by atoms with E-state index in [1.54, 1.807) is 53.2 Å². The van der Waals surface area contributed by atoms with Crippen molar-refractivity contribution < 1.29 is 13.6 Å². The summed E-state index contributed by atoms with van der Waals surface area (Å²) in [6, 6.07) is 13.9. The highest BCUT2D eigenvalue weighted by Gasteiger charge is 2.22. The smallest absolute Gasteiger partial charge is 0.272 e. The second-order valence-electron chi connectivity index (χ2n) is 7.24. The first kappa shape index (κ1) is 22.9. The first-order chi connectivity index (χ1) is 15.9. The van der Waals surface area contributed by atoms with Crippen molar-refractivity contribution in [1.82, 2.24) is 19.4 Å². The van der Waals surface area contributed by atoms with Crippen molar-refractivity contribution in [3.05, 3.63) is 107 Å². The Morgan fingerprint density at radius 1 is 1.09 bits per heavy atom. The van der Waals surface area contributed by atoms with Gasteiger partial charge in [0.15, 0.2) is 5.16 Å². The Hall–Kier alpha value is -3.23. The fourth-order valence-corrected chi connectivity index (χ4v) is 4.60. The van der Waals surface area contributed by atoms with Crippen LogP contribution in [0.4, 0.5) is 8.78 Å². The van der Waals surface area contributed by atoms with Crippen LogP contribution in [-0.2, 0) is 12.3 Å². The number of thioether (sulfide) groups is 1. The average Bonchev–Trinajstić information content (AvgIpc) is 3.23. The molecule has 0 aliphatic carbocycles. The summed E-state index contributed by atoms with van der Waals surface area (Å²) < 4.78 is 29.4. The topological polar surface area (TPSA) is 51.0 Å². The van der Waals surface area contributed by atoms with Gasteiger partial charge < -0.3 is 4.90 Å². The highest BCUT2D eigenvalue weighted by molar-refractivity contribution is 7.98. The van der Waals surface area contributed by atoms with E-state index in [0.29, 0.717) is 33.7 Å². The third kappa shape index (κ3) is 5.23. The maximum Gasteiger partial charge on any atom is 0.272 e. The minimum Gasteiger partial charge on any atom is -0.336 e. The van der Waals surface area contributed by atoms with Crippen molar-refractivity contribution in [1.29, 1.82) is 0 Å². The molecule has 4 rings (SSSR count). The lowest BCUT2D eigenvalue weighted by Crippen LogP contribution is -2.28. The molecule has 2 aromatic carbocycles. The number of pyridine rings is 1. The molecule has 168 valence electrons. The van der Waals surface area contributed by atoms with Gasteiger partial charge in [-0.2, -0.15) is 0 Å². The Balaban J connectivity index is 1.66. The average molecular weight is 485 g/mol. The van der Waals surface area contributed by atoms with Gasteiger partial charge in [0.05, 0.1) is 6.20 Å². The van der Waals surface area contributed by atoms with E-state index in [9.17, 15) is 13.6 Å². The molecule has 0 aliphatic rings. The number of hydrogen-bond acceptors (Lipinski definition) is 4. The molecule has 0 spiro atoms. The van der Waals surface area contributed by atoms with Crippen LogP contribution in [0.5, 0.6) is 0 Å². The van der Waals surface area contributed by atoms with Crippen molar-refractivity contribution >= 4 is 29.3 Å². The van der Waals surface area contributed by atoms with Crippen LogP contribution in [0.25, 0.3) is 5.69 Å². The SMILES string of the molecule is CN(Cc1ccncc1)C(=O)c1cnc(SCc2c(F)cccc2Cl)n1-c1ccc(F)cc1. The van der Waals surface area contributed by atoms with Crippen molar-refractivity contribution in [3.8, 4) is 5.69 Å². The van der Waals surface area contributed by atoms with E-state index in [2.05, 4.69) is 9.97 Å². The van der Waals surface area contributed by atoms with Gasteiger partial charge in [-0.25, -0.2) is 13.8 Å². The van der Waals surface area contributed by atoms with Gasteiger partial charge >= 0.3 is 0 Å². The monoisotopic (exact) mass is 484 g/mol. The van der Waals surface area contributed by atoms with Gasteiger partial charge in [-0.05, 0) is 54.1 Å². The summed E-state index contributed by atoms with van der Waals surface area (Å²) in [5.74, 6) is -0.860. The Morgan fingerprint density at radius 2 is 1.82 bits per heavy atom. The molecule has 0 saturated carbocycles. The molecule has 5 nitrogen and oxygen atoms in total. The van der Waals surface area contributed by atoms with Gasteiger partial charge in [0.2, 0.25) is 0 Å². The van der Waals surface area contributed by atoms with E-state index in [0.717, 1.165) is 5.56 Å². The molecule has 0 saturated heterocycles. The zero-order valence-electron chi connectivity index (χ0n) is 17.6. The van der Waals surface area contributed by atoms with E-state index in [1.807, 2.05) is 12.1 Å². The van der Waals surface area contributed by atoms with Crippen LogP contribution < -0.4 is 0 Å². The largest absolute Gasteiger partial charge is 0.336 e. The normalized spacial score (nSPS) is 10.9. The molecule has 9 heteroatoms. The quantitative estimate of drug-likeness (QED) is 0.313. The third-order valence-corrected chi connectivity index (χ3v) is 6.29. The third-order valence-electron chi connectivity index (χ3n) is 4.96. The predicted octanol–water partition coefficient (Wildman–Crippen LogP) is 5.76. The fraction of sp³-hybridized carbons (Fsp3) is 0.125. The maximum absolute atomic E-state index is 14.2. The molecule has 2 aromatic heterocycles. The zero-order chi connectivity index (χ0) is 23.4.